The van der Waals surface area contributed by atoms with Crippen LogP contribution in [0.25, 0.3) is 0 Å². The molecule has 0 saturated heterocycles. The van der Waals surface area contributed by atoms with E-state index in [-0.39, 0.29) is 5.69 Å². The molecule has 1 aromatic carbocycles. The summed E-state index contributed by atoms with van der Waals surface area (Å²) in [6.45, 7) is 1.90. The van der Waals surface area contributed by atoms with Crippen LogP contribution in [0.15, 0.2) is 27.0 Å². The first kappa shape index (κ1) is 13.4. The van der Waals surface area contributed by atoms with Gasteiger partial charge in [0.2, 0.25) is 0 Å². The molecule has 5 nitrogen and oxygen atoms in total. The summed E-state index contributed by atoms with van der Waals surface area (Å²) >= 11 is 6.21. The van der Waals surface area contributed by atoms with Crippen molar-refractivity contribution in [1.82, 2.24) is 10.2 Å². The molecule has 0 fully saturated rings. The normalized spacial score (nSPS) is 10.6. The summed E-state index contributed by atoms with van der Waals surface area (Å²) in [5, 5.41) is 19.6. The van der Waals surface area contributed by atoms with E-state index in [4.69, 9.17) is 0 Å². The third kappa shape index (κ3) is 3.27. The Kier molecular flexibility index (Phi) is 4.31. The number of hydrogen-bond donors (Lipinski definition) is 0. The van der Waals surface area contributed by atoms with Gasteiger partial charge in [0.15, 0.2) is 4.34 Å². The number of thioether (sulfide) groups is 1. The highest BCUT2D eigenvalue weighted by atomic mass is 79.9. The highest BCUT2D eigenvalue weighted by molar-refractivity contribution is 9.10. The molecule has 2 rings (SSSR count). The molecule has 0 bridgehead atoms. The molecule has 8 heteroatoms. The fourth-order valence-corrected chi connectivity index (χ4v) is 3.42. The first-order valence-corrected chi connectivity index (χ1v) is 7.51. The Bertz CT molecular complexity index is 588. The van der Waals surface area contributed by atoms with Crippen molar-refractivity contribution in [2.75, 3.05) is 0 Å². The van der Waals surface area contributed by atoms with Gasteiger partial charge in [0.1, 0.15) is 5.01 Å². The molecule has 2 aromatic rings. The third-order valence-electron chi connectivity index (χ3n) is 2.08. The SMILES string of the molecule is Cc1nnc(SCc2ccc(Br)c([N+](=O)[O-])c2)s1. The van der Waals surface area contributed by atoms with Gasteiger partial charge in [-0.25, -0.2) is 0 Å². The Morgan fingerprint density at radius 3 is 2.89 bits per heavy atom. The van der Waals surface area contributed by atoms with Crippen LogP contribution in [-0.2, 0) is 5.75 Å². The van der Waals surface area contributed by atoms with E-state index in [1.54, 1.807) is 12.1 Å². The fraction of sp³-hybridized carbons (Fsp3) is 0.200. The Hall–Kier alpha value is -0.990. The van der Waals surface area contributed by atoms with Crippen molar-refractivity contribution in [3.63, 3.8) is 0 Å². The number of halogens is 1. The van der Waals surface area contributed by atoms with E-state index in [1.165, 1.54) is 23.1 Å². The molecule has 0 aliphatic heterocycles. The molecule has 0 radical (unpaired) electrons. The van der Waals surface area contributed by atoms with Crippen LogP contribution in [0.4, 0.5) is 5.69 Å². The molecular formula is C10H8BrN3O2S2. The van der Waals surface area contributed by atoms with Gasteiger partial charge >= 0.3 is 0 Å². The minimum Gasteiger partial charge on any atom is -0.258 e. The molecule has 94 valence electrons. The van der Waals surface area contributed by atoms with Crippen molar-refractivity contribution in [1.29, 1.82) is 0 Å². The molecule has 0 amide bonds. The maximum Gasteiger partial charge on any atom is 0.283 e. The molecule has 0 aliphatic carbocycles. The Balaban J connectivity index is 2.10. The summed E-state index contributed by atoms with van der Waals surface area (Å²) in [4.78, 5) is 10.4. The molecule has 0 spiro atoms. The number of hydrogen-bond acceptors (Lipinski definition) is 6. The second-order valence-corrected chi connectivity index (χ2v) is 6.68. The maximum absolute atomic E-state index is 10.8. The predicted molar refractivity (Wildman–Crippen MR) is 75.0 cm³/mol. The first-order valence-electron chi connectivity index (χ1n) is 4.92. The second-order valence-electron chi connectivity index (χ2n) is 3.42. The number of rotatable bonds is 4. The van der Waals surface area contributed by atoms with Gasteiger partial charge in [0.05, 0.1) is 9.40 Å². The topological polar surface area (TPSA) is 68.9 Å². The van der Waals surface area contributed by atoms with Crippen LogP contribution >= 0.6 is 39.0 Å². The van der Waals surface area contributed by atoms with Crippen LogP contribution in [0, 0.1) is 17.0 Å². The minimum absolute atomic E-state index is 0.0848. The van der Waals surface area contributed by atoms with Crippen LogP contribution in [-0.4, -0.2) is 15.1 Å². The second kappa shape index (κ2) is 5.77. The maximum atomic E-state index is 10.8. The van der Waals surface area contributed by atoms with Gasteiger partial charge in [0, 0.05) is 11.8 Å². The Labute approximate surface area is 120 Å². The lowest BCUT2D eigenvalue weighted by molar-refractivity contribution is -0.385. The number of nitro groups is 1. The van der Waals surface area contributed by atoms with E-state index >= 15 is 0 Å². The molecule has 0 saturated carbocycles. The van der Waals surface area contributed by atoms with Crippen LogP contribution < -0.4 is 0 Å². The Morgan fingerprint density at radius 1 is 1.50 bits per heavy atom. The van der Waals surface area contributed by atoms with Crippen molar-refractivity contribution >= 4 is 44.7 Å². The van der Waals surface area contributed by atoms with Crippen molar-refractivity contribution in [3.8, 4) is 0 Å². The highest BCUT2D eigenvalue weighted by Crippen LogP contribution is 2.30. The summed E-state index contributed by atoms with van der Waals surface area (Å²) < 4.78 is 1.37. The van der Waals surface area contributed by atoms with E-state index in [0.29, 0.717) is 10.2 Å². The molecule has 0 unspecified atom stereocenters. The lowest BCUT2D eigenvalue weighted by Crippen LogP contribution is -1.91. The largest absolute Gasteiger partial charge is 0.283 e. The van der Waals surface area contributed by atoms with Crippen LogP contribution in [0.2, 0.25) is 0 Å². The van der Waals surface area contributed by atoms with Gasteiger partial charge in [0.25, 0.3) is 5.69 Å². The highest BCUT2D eigenvalue weighted by Gasteiger charge is 2.12. The summed E-state index contributed by atoms with van der Waals surface area (Å²) in [5.74, 6) is 0.642. The minimum atomic E-state index is -0.395. The zero-order valence-corrected chi connectivity index (χ0v) is 12.5. The lowest BCUT2D eigenvalue weighted by atomic mass is 10.2. The number of aryl methyl sites for hydroxylation is 1. The van der Waals surface area contributed by atoms with Crippen LogP contribution in [0.1, 0.15) is 10.6 Å². The zero-order chi connectivity index (χ0) is 13.1. The summed E-state index contributed by atoms with van der Waals surface area (Å²) in [5.41, 5.74) is 0.976. The van der Waals surface area contributed by atoms with Crippen molar-refractivity contribution in [2.24, 2.45) is 0 Å². The van der Waals surface area contributed by atoms with Gasteiger partial charge in [-0.05, 0) is 34.5 Å². The van der Waals surface area contributed by atoms with E-state index in [9.17, 15) is 10.1 Å². The van der Waals surface area contributed by atoms with Gasteiger partial charge in [-0.2, -0.15) is 0 Å². The quantitative estimate of drug-likeness (QED) is 0.478. The number of benzene rings is 1. The number of nitrogens with zero attached hydrogens (tertiary/aromatic N) is 3. The lowest BCUT2D eigenvalue weighted by Gasteiger charge is -2.00. The Morgan fingerprint density at radius 2 is 2.28 bits per heavy atom. The average Bonchev–Trinajstić information content (AvgIpc) is 2.74. The summed E-state index contributed by atoms with van der Waals surface area (Å²) in [6, 6.07) is 5.13. The molecule has 18 heavy (non-hydrogen) atoms. The zero-order valence-electron chi connectivity index (χ0n) is 9.29. The van der Waals surface area contributed by atoms with E-state index in [2.05, 4.69) is 26.1 Å². The molecule has 0 atom stereocenters. The van der Waals surface area contributed by atoms with Gasteiger partial charge in [-0.15, -0.1) is 10.2 Å². The van der Waals surface area contributed by atoms with E-state index < -0.39 is 4.92 Å². The third-order valence-corrected chi connectivity index (χ3v) is 4.79. The number of nitro benzene ring substituents is 1. The van der Waals surface area contributed by atoms with Crippen molar-refractivity contribution < 1.29 is 4.92 Å². The van der Waals surface area contributed by atoms with Gasteiger partial charge in [-0.1, -0.05) is 29.2 Å². The molecular weight excluding hydrogens is 338 g/mol. The van der Waals surface area contributed by atoms with Crippen molar-refractivity contribution in [3.05, 3.63) is 43.4 Å². The van der Waals surface area contributed by atoms with Gasteiger partial charge < -0.3 is 0 Å². The summed E-state index contributed by atoms with van der Waals surface area (Å²) in [7, 11) is 0. The molecule has 1 heterocycles. The molecule has 0 aliphatic rings. The predicted octanol–water partition coefficient (Wildman–Crippen LogP) is 3.81. The van der Waals surface area contributed by atoms with E-state index in [1.807, 2.05) is 13.0 Å². The van der Waals surface area contributed by atoms with Crippen molar-refractivity contribution in [2.45, 2.75) is 17.0 Å². The first-order chi connectivity index (χ1) is 8.56. The summed E-state index contributed by atoms with van der Waals surface area (Å²) in [6.07, 6.45) is 0. The molecule has 1 aromatic heterocycles. The van der Waals surface area contributed by atoms with E-state index in [0.717, 1.165) is 14.9 Å². The van der Waals surface area contributed by atoms with Crippen LogP contribution in [0.5, 0.6) is 0 Å². The smallest absolute Gasteiger partial charge is 0.258 e. The fourth-order valence-electron chi connectivity index (χ4n) is 1.27. The average molecular weight is 346 g/mol. The van der Waals surface area contributed by atoms with Crippen LogP contribution in [0.3, 0.4) is 0 Å². The van der Waals surface area contributed by atoms with Gasteiger partial charge in [-0.3, -0.25) is 10.1 Å². The monoisotopic (exact) mass is 345 g/mol. The standard InChI is InChI=1S/C10H8BrN3O2S2/c1-6-12-13-10(18-6)17-5-7-2-3-8(11)9(4-7)14(15)16/h2-4H,5H2,1H3. The number of aromatic nitrogens is 2. The molecule has 0 N–H and O–H groups in total.